The van der Waals surface area contributed by atoms with Crippen molar-refractivity contribution in [3.63, 3.8) is 0 Å². The molecule has 1 heterocycles. The van der Waals surface area contributed by atoms with Crippen LogP contribution in [-0.2, 0) is 9.59 Å². The summed E-state index contributed by atoms with van der Waals surface area (Å²) in [6.45, 7) is 6.51. The maximum atomic E-state index is 11.8. The Labute approximate surface area is 115 Å². The van der Waals surface area contributed by atoms with Gasteiger partial charge in [0.25, 0.3) is 0 Å². The van der Waals surface area contributed by atoms with Gasteiger partial charge in [0.2, 0.25) is 11.8 Å². The second-order valence-corrected chi connectivity index (χ2v) is 5.31. The highest BCUT2D eigenvalue weighted by atomic mass is 16.2. The van der Waals surface area contributed by atoms with Crippen LogP contribution in [0.3, 0.4) is 0 Å². The lowest BCUT2D eigenvalue weighted by atomic mass is 9.93. The second-order valence-electron chi connectivity index (χ2n) is 5.31. The van der Waals surface area contributed by atoms with Crippen molar-refractivity contribution in [1.82, 2.24) is 16.0 Å². The summed E-state index contributed by atoms with van der Waals surface area (Å²) in [5.74, 6) is 0.533. The molecule has 5 nitrogen and oxygen atoms in total. The highest BCUT2D eigenvalue weighted by Gasteiger charge is 2.17. The fourth-order valence-corrected chi connectivity index (χ4v) is 2.29. The lowest BCUT2D eigenvalue weighted by molar-refractivity contribution is -0.128. The van der Waals surface area contributed by atoms with Crippen LogP contribution in [0.25, 0.3) is 0 Å². The molecule has 2 amide bonds. The molecule has 0 aliphatic carbocycles. The number of carbonyl (C=O) groups is 2. The molecule has 1 saturated heterocycles. The van der Waals surface area contributed by atoms with Crippen LogP contribution in [0.15, 0.2) is 0 Å². The molecule has 19 heavy (non-hydrogen) atoms. The predicted octanol–water partition coefficient (Wildman–Crippen LogP) is 0.797. The van der Waals surface area contributed by atoms with Crippen LogP contribution in [0.2, 0.25) is 0 Å². The van der Waals surface area contributed by atoms with Crippen LogP contribution < -0.4 is 16.0 Å². The van der Waals surface area contributed by atoms with Gasteiger partial charge < -0.3 is 16.0 Å². The van der Waals surface area contributed by atoms with E-state index in [9.17, 15) is 9.59 Å². The van der Waals surface area contributed by atoms with E-state index < -0.39 is 6.04 Å². The van der Waals surface area contributed by atoms with Gasteiger partial charge in [0, 0.05) is 13.0 Å². The Hall–Kier alpha value is -1.10. The van der Waals surface area contributed by atoms with Gasteiger partial charge in [0.1, 0.15) is 6.04 Å². The average Bonchev–Trinajstić information content (AvgIpc) is 2.43. The molecule has 0 aromatic carbocycles. The van der Waals surface area contributed by atoms with E-state index in [0.29, 0.717) is 18.9 Å². The molecule has 3 N–H and O–H groups in total. The van der Waals surface area contributed by atoms with E-state index in [-0.39, 0.29) is 11.8 Å². The van der Waals surface area contributed by atoms with E-state index in [2.05, 4.69) is 16.0 Å². The summed E-state index contributed by atoms with van der Waals surface area (Å²) >= 11 is 0. The minimum atomic E-state index is -0.438. The largest absolute Gasteiger partial charge is 0.354 e. The number of rotatable bonds is 7. The molecule has 5 heteroatoms. The molecule has 0 spiro atoms. The number of nitrogens with one attached hydrogen (secondary N) is 3. The Morgan fingerprint density at radius 1 is 1.32 bits per heavy atom. The van der Waals surface area contributed by atoms with Gasteiger partial charge in [-0.1, -0.05) is 6.92 Å². The fourth-order valence-electron chi connectivity index (χ4n) is 2.29. The van der Waals surface area contributed by atoms with Gasteiger partial charge in [-0.2, -0.15) is 0 Å². The molecule has 0 aromatic heterocycles. The van der Waals surface area contributed by atoms with Crippen LogP contribution in [0, 0.1) is 5.92 Å². The van der Waals surface area contributed by atoms with Gasteiger partial charge in [-0.15, -0.1) is 0 Å². The van der Waals surface area contributed by atoms with Crippen molar-refractivity contribution in [2.45, 2.75) is 52.0 Å². The number of hydrogen-bond donors (Lipinski definition) is 3. The van der Waals surface area contributed by atoms with Gasteiger partial charge >= 0.3 is 0 Å². The zero-order chi connectivity index (χ0) is 14.1. The van der Waals surface area contributed by atoms with Crippen molar-refractivity contribution in [3.8, 4) is 0 Å². The zero-order valence-electron chi connectivity index (χ0n) is 12.1. The first-order valence-electron chi connectivity index (χ1n) is 7.41. The average molecular weight is 269 g/mol. The van der Waals surface area contributed by atoms with Crippen molar-refractivity contribution in [3.05, 3.63) is 0 Å². The maximum Gasteiger partial charge on any atom is 0.242 e. The monoisotopic (exact) mass is 269 g/mol. The minimum Gasteiger partial charge on any atom is -0.354 e. The highest BCUT2D eigenvalue weighted by Crippen LogP contribution is 2.17. The first-order chi connectivity index (χ1) is 9.13. The minimum absolute atomic E-state index is 0.0160. The smallest absolute Gasteiger partial charge is 0.242 e. The molecule has 1 rings (SSSR count). The lowest BCUT2D eigenvalue weighted by Crippen LogP contribution is -2.45. The normalized spacial score (nSPS) is 17.8. The Morgan fingerprint density at radius 3 is 2.63 bits per heavy atom. The fraction of sp³-hybridized carbons (Fsp3) is 0.857. The molecular formula is C14H27N3O2. The molecule has 1 aliphatic rings. The van der Waals surface area contributed by atoms with Gasteiger partial charge in [0.15, 0.2) is 0 Å². The first kappa shape index (κ1) is 16.0. The van der Waals surface area contributed by atoms with Crippen molar-refractivity contribution in [2.75, 3.05) is 19.6 Å². The highest BCUT2D eigenvalue weighted by molar-refractivity contribution is 5.87. The van der Waals surface area contributed by atoms with Crippen LogP contribution in [-0.4, -0.2) is 37.5 Å². The summed E-state index contributed by atoms with van der Waals surface area (Å²) in [4.78, 5) is 23.4. The van der Waals surface area contributed by atoms with E-state index in [0.717, 1.165) is 38.8 Å². The second kappa shape index (κ2) is 8.91. The van der Waals surface area contributed by atoms with Gasteiger partial charge in [0.05, 0.1) is 0 Å². The standard InChI is InChI=1S/C14H27N3O2/c1-3-8-16-14(19)11(2)17-13(18)5-4-12-6-9-15-10-7-12/h11-12,15H,3-10H2,1-2H3,(H,16,19)(H,17,18). The van der Waals surface area contributed by atoms with E-state index in [1.54, 1.807) is 6.92 Å². The molecule has 0 aromatic rings. The predicted molar refractivity (Wildman–Crippen MR) is 75.7 cm³/mol. The summed E-state index contributed by atoms with van der Waals surface area (Å²) < 4.78 is 0. The lowest BCUT2D eigenvalue weighted by Gasteiger charge is -2.22. The SMILES string of the molecule is CCCNC(=O)C(C)NC(=O)CCC1CCNCC1. The van der Waals surface area contributed by atoms with Crippen molar-refractivity contribution in [1.29, 1.82) is 0 Å². The van der Waals surface area contributed by atoms with Crippen molar-refractivity contribution in [2.24, 2.45) is 5.92 Å². The number of piperidine rings is 1. The molecule has 110 valence electrons. The third-order valence-electron chi connectivity index (χ3n) is 3.56. The Balaban J connectivity index is 2.16. The third-order valence-corrected chi connectivity index (χ3v) is 3.56. The molecule has 1 atom stereocenters. The van der Waals surface area contributed by atoms with Crippen LogP contribution in [0.4, 0.5) is 0 Å². The van der Waals surface area contributed by atoms with Gasteiger partial charge in [-0.05, 0) is 51.6 Å². The van der Waals surface area contributed by atoms with Crippen LogP contribution in [0.1, 0.15) is 46.0 Å². The number of amides is 2. The van der Waals surface area contributed by atoms with E-state index in [1.165, 1.54) is 0 Å². The Bertz CT molecular complexity index is 288. The Kier molecular flexibility index (Phi) is 7.48. The molecule has 1 unspecified atom stereocenters. The van der Waals surface area contributed by atoms with E-state index in [1.807, 2.05) is 6.92 Å². The van der Waals surface area contributed by atoms with Crippen LogP contribution >= 0.6 is 0 Å². The van der Waals surface area contributed by atoms with Crippen LogP contribution in [0.5, 0.6) is 0 Å². The van der Waals surface area contributed by atoms with Crippen molar-refractivity contribution < 1.29 is 9.59 Å². The molecule has 0 bridgehead atoms. The molecule has 0 saturated carbocycles. The van der Waals surface area contributed by atoms with Gasteiger partial charge in [-0.25, -0.2) is 0 Å². The zero-order valence-corrected chi connectivity index (χ0v) is 12.1. The first-order valence-corrected chi connectivity index (χ1v) is 7.41. The number of carbonyl (C=O) groups excluding carboxylic acids is 2. The molecular weight excluding hydrogens is 242 g/mol. The molecule has 1 aliphatic heterocycles. The summed E-state index contributed by atoms with van der Waals surface area (Å²) in [5, 5.41) is 8.86. The topological polar surface area (TPSA) is 70.2 Å². The summed E-state index contributed by atoms with van der Waals surface area (Å²) in [5.41, 5.74) is 0. The van der Waals surface area contributed by atoms with Crippen molar-refractivity contribution >= 4 is 11.8 Å². The quantitative estimate of drug-likeness (QED) is 0.640. The van der Waals surface area contributed by atoms with E-state index in [4.69, 9.17) is 0 Å². The Morgan fingerprint density at radius 2 is 2.00 bits per heavy atom. The third kappa shape index (κ3) is 6.57. The summed E-state index contributed by atoms with van der Waals surface area (Å²) in [6.07, 6.45) is 4.66. The van der Waals surface area contributed by atoms with E-state index >= 15 is 0 Å². The van der Waals surface area contributed by atoms with Gasteiger partial charge in [-0.3, -0.25) is 9.59 Å². The molecule has 0 radical (unpaired) electrons. The molecule has 1 fully saturated rings. The maximum absolute atomic E-state index is 11.8. The summed E-state index contributed by atoms with van der Waals surface area (Å²) in [7, 11) is 0. The number of hydrogen-bond acceptors (Lipinski definition) is 3. The summed E-state index contributed by atoms with van der Waals surface area (Å²) in [6, 6.07) is -0.438.